The van der Waals surface area contributed by atoms with Crippen molar-refractivity contribution in [2.75, 3.05) is 0 Å². The highest BCUT2D eigenvalue weighted by Crippen LogP contribution is 2.43. The molecule has 0 atom stereocenters. The van der Waals surface area contributed by atoms with Gasteiger partial charge in [0.2, 0.25) is 0 Å². The molecule has 0 radical (unpaired) electrons. The molecule has 6 aromatic carbocycles. The van der Waals surface area contributed by atoms with E-state index < -0.39 is 0 Å². The van der Waals surface area contributed by atoms with Crippen LogP contribution < -0.4 is 0 Å². The minimum absolute atomic E-state index is 0.512. The van der Waals surface area contributed by atoms with E-state index in [2.05, 4.69) is 36.4 Å². The Morgan fingerprint density at radius 1 is 0.429 bits per heavy atom. The molecule has 194 valence electrons. The fourth-order valence-electron chi connectivity index (χ4n) is 6.08. The van der Waals surface area contributed by atoms with Crippen molar-refractivity contribution < 1.29 is 8.83 Å². The summed E-state index contributed by atoms with van der Waals surface area (Å²) in [6.07, 6.45) is 0. The second kappa shape index (κ2) is 9.24. The van der Waals surface area contributed by atoms with Gasteiger partial charge >= 0.3 is 0 Å². The molecule has 0 N–H and O–H groups in total. The largest absolute Gasteiger partial charge is 0.456 e. The van der Waals surface area contributed by atoms with Crippen molar-refractivity contribution in [1.29, 1.82) is 10.5 Å². The number of nitrogens with zero attached hydrogens (tertiary/aromatic N) is 2. The molecule has 0 bridgehead atoms. The highest BCUT2D eigenvalue weighted by Gasteiger charge is 2.20. The van der Waals surface area contributed by atoms with Crippen LogP contribution in [0.15, 0.2) is 130 Å². The predicted molar refractivity (Wildman–Crippen MR) is 167 cm³/mol. The number of fused-ring (bicyclic) bond motifs is 6. The summed E-state index contributed by atoms with van der Waals surface area (Å²) in [5, 5.41) is 24.6. The molecule has 0 aliphatic rings. The fraction of sp³-hybridized carbons (Fsp3) is 0. The van der Waals surface area contributed by atoms with Crippen LogP contribution >= 0.6 is 0 Å². The van der Waals surface area contributed by atoms with Crippen LogP contribution in [0.5, 0.6) is 0 Å². The number of benzene rings is 6. The first-order valence-electron chi connectivity index (χ1n) is 13.6. The van der Waals surface area contributed by atoms with Gasteiger partial charge in [0.05, 0.1) is 17.2 Å². The molecule has 2 heterocycles. The standard InChI is InChI=1S/C38H20N2O2/c39-21-24-8-1-2-9-26(24)31-20-25(27-12-7-15-37-38(27)29-11-4-6-14-35(29)42-37)19-30(33(31)22-40)23-16-17-36-32(18-23)28-10-3-5-13-34(28)41-36/h1-20H. The fourth-order valence-corrected chi connectivity index (χ4v) is 6.08. The Hall–Kier alpha value is -6.10. The van der Waals surface area contributed by atoms with E-state index >= 15 is 0 Å². The zero-order valence-corrected chi connectivity index (χ0v) is 22.3. The Balaban J connectivity index is 1.48. The third kappa shape index (κ3) is 3.53. The van der Waals surface area contributed by atoms with Crippen molar-refractivity contribution in [3.05, 3.63) is 132 Å². The summed E-state index contributed by atoms with van der Waals surface area (Å²) >= 11 is 0. The van der Waals surface area contributed by atoms with Crippen molar-refractivity contribution >= 4 is 43.9 Å². The summed E-state index contributed by atoms with van der Waals surface area (Å²) in [6.45, 7) is 0. The van der Waals surface area contributed by atoms with E-state index in [4.69, 9.17) is 8.83 Å². The summed E-state index contributed by atoms with van der Waals surface area (Å²) in [6, 6.07) is 44.4. The first-order valence-corrected chi connectivity index (χ1v) is 13.6. The maximum Gasteiger partial charge on any atom is 0.136 e. The van der Waals surface area contributed by atoms with Crippen LogP contribution in [-0.2, 0) is 0 Å². The van der Waals surface area contributed by atoms with Gasteiger partial charge in [0.15, 0.2) is 0 Å². The molecule has 4 heteroatoms. The molecule has 0 saturated heterocycles. The third-order valence-electron chi connectivity index (χ3n) is 7.99. The van der Waals surface area contributed by atoms with Gasteiger partial charge in [0, 0.05) is 38.2 Å². The Morgan fingerprint density at radius 2 is 1.07 bits per heavy atom. The average Bonchev–Trinajstić information content (AvgIpc) is 3.62. The van der Waals surface area contributed by atoms with Gasteiger partial charge in [-0.1, -0.05) is 72.8 Å². The molecule has 0 spiro atoms. The molecule has 4 nitrogen and oxygen atoms in total. The van der Waals surface area contributed by atoms with Crippen molar-refractivity contribution in [2.45, 2.75) is 0 Å². The van der Waals surface area contributed by atoms with Gasteiger partial charge < -0.3 is 8.83 Å². The Morgan fingerprint density at radius 3 is 1.90 bits per heavy atom. The molecule has 8 rings (SSSR count). The predicted octanol–water partition coefficient (Wildman–Crippen LogP) is 10.2. The second-order valence-corrected chi connectivity index (χ2v) is 10.3. The number of para-hydroxylation sites is 2. The topological polar surface area (TPSA) is 73.9 Å². The van der Waals surface area contributed by atoms with Crippen LogP contribution in [0.25, 0.3) is 77.3 Å². The summed E-state index contributed by atoms with van der Waals surface area (Å²) in [4.78, 5) is 0. The first-order chi connectivity index (χ1) is 20.7. The number of rotatable bonds is 3. The minimum atomic E-state index is 0.512. The zero-order chi connectivity index (χ0) is 28.2. The van der Waals surface area contributed by atoms with E-state index in [0.29, 0.717) is 16.7 Å². The van der Waals surface area contributed by atoms with Crippen molar-refractivity contribution in [3.8, 4) is 45.5 Å². The molecular formula is C38H20N2O2. The Bertz CT molecular complexity index is 2450. The van der Waals surface area contributed by atoms with Crippen LogP contribution in [0.3, 0.4) is 0 Å². The zero-order valence-electron chi connectivity index (χ0n) is 22.3. The number of hydrogen-bond acceptors (Lipinski definition) is 4. The highest BCUT2D eigenvalue weighted by atomic mass is 16.3. The van der Waals surface area contributed by atoms with Gasteiger partial charge in [0.1, 0.15) is 28.4 Å². The van der Waals surface area contributed by atoms with E-state index in [1.165, 1.54) is 0 Å². The van der Waals surface area contributed by atoms with Crippen LogP contribution in [0.1, 0.15) is 11.1 Å². The van der Waals surface area contributed by atoms with E-state index in [1.807, 2.05) is 91.0 Å². The molecule has 0 aliphatic heterocycles. The first kappa shape index (κ1) is 23.8. The van der Waals surface area contributed by atoms with Crippen LogP contribution in [-0.4, -0.2) is 0 Å². The molecular weight excluding hydrogens is 516 g/mol. The smallest absolute Gasteiger partial charge is 0.136 e. The van der Waals surface area contributed by atoms with E-state index in [9.17, 15) is 10.5 Å². The molecule has 42 heavy (non-hydrogen) atoms. The van der Waals surface area contributed by atoms with Crippen LogP contribution in [0.2, 0.25) is 0 Å². The number of hydrogen-bond donors (Lipinski definition) is 0. The Labute approximate surface area is 240 Å². The van der Waals surface area contributed by atoms with Crippen LogP contribution in [0.4, 0.5) is 0 Å². The molecule has 8 aromatic rings. The summed E-state index contributed by atoms with van der Waals surface area (Å²) in [5.41, 5.74) is 9.30. The lowest BCUT2D eigenvalue weighted by Gasteiger charge is -2.16. The molecule has 0 amide bonds. The van der Waals surface area contributed by atoms with E-state index in [1.54, 1.807) is 6.07 Å². The van der Waals surface area contributed by atoms with E-state index in [-0.39, 0.29) is 0 Å². The number of furan rings is 2. The summed E-state index contributed by atoms with van der Waals surface area (Å²) < 4.78 is 12.3. The van der Waals surface area contributed by atoms with Gasteiger partial charge in [0.25, 0.3) is 0 Å². The molecule has 0 fully saturated rings. The number of nitriles is 2. The molecule has 0 unspecified atom stereocenters. The van der Waals surface area contributed by atoms with Gasteiger partial charge in [-0.25, -0.2) is 0 Å². The highest BCUT2D eigenvalue weighted by molar-refractivity contribution is 6.13. The van der Waals surface area contributed by atoms with Gasteiger partial charge in [-0.05, 0) is 65.2 Å². The third-order valence-corrected chi connectivity index (χ3v) is 7.99. The molecule has 0 saturated carbocycles. The lowest BCUT2D eigenvalue weighted by molar-refractivity contribution is 0.668. The van der Waals surface area contributed by atoms with Gasteiger partial charge in [-0.2, -0.15) is 10.5 Å². The summed E-state index contributed by atoms with van der Waals surface area (Å²) in [5.74, 6) is 0. The van der Waals surface area contributed by atoms with Gasteiger partial charge in [-0.3, -0.25) is 0 Å². The lowest BCUT2D eigenvalue weighted by Crippen LogP contribution is -1.95. The second-order valence-electron chi connectivity index (χ2n) is 10.3. The average molecular weight is 537 g/mol. The Kier molecular flexibility index (Phi) is 5.22. The lowest BCUT2D eigenvalue weighted by atomic mass is 9.86. The maximum absolute atomic E-state index is 10.6. The molecule has 0 aliphatic carbocycles. The van der Waals surface area contributed by atoms with Gasteiger partial charge in [-0.15, -0.1) is 0 Å². The van der Waals surface area contributed by atoms with Crippen LogP contribution in [0, 0.1) is 22.7 Å². The van der Waals surface area contributed by atoms with Crippen molar-refractivity contribution in [1.82, 2.24) is 0 Å². The van der Waals surface area contributed by atoms with Crippen molar-refractivity contribution in [3.63, 3.8) is 0 Å². The molecule has 2 aromatic heterocycles. The SMILES string of the molecule is N#Cc1ccccc1-c1cc(-c2cccc3oc4ccccc4c23)cc(-c2ccc3oc4ccccc4c3c2)c1C#N. The van der Waals surface area contributed by atoms with E-state index in [0.717, 1.165) is 71.7 Å². The minimum Gasteiger partial charge on any atom is -0.456 e. The summed E-state index contributed by atoms with van der Waals surface area (Å²) in [7, 11) is 0. The quantitative estimate of drug-likeness (QED) is 0.225. The normalized spacial score (nSPS) is 11.3. The maximum atomic E-state index is 10.6. The monoisotopic (exact) mass is 536 g/mol. The van der Waals surface area contributed by atoms with Crippen molar-refractivity contribution in [2.24, 2.45) is 0 Å².